The van der Waals surface area contributed by atoms with Gasteiger partial charge in [0.15, 0.2) is 0 Å². The van der Waals surface area contributed by atoms with Gasteiger partial charge in [0.25, 0.3) is 0 Å². The van der Waals surface area contributed by atoms with Crippen molar-refractivity contribution >= 4 is 15.9 Å². The van der Waals surface area contributed by atoms with Crippen LogP contribution in [0.2, 0.25) is 0 Å². The number of fused-ring (bicyclic) bond motifs is 1. The lowest BCUT2D eigenvalue weighted by atomic mass is 10.0. The average Bonchev–Trinajstić information content (AvgIpc) is 2.97. The van der Waals surface area contributed by atoms with Gasteiger partial charge in [-0.25, -0.2) is 0 Å². The highest BCUT2D eigenvalue weighted by molar-refractivity contribution is 9.10. The van der Waals surface area contributed by atoms with Gasteiger partial charge < -0.3 is 10.2 Å². The van der Waals surface area contributed by atoms with Gasteiger partial charge in [0.2, 0.25) is 0 Å². The molecule has 0 amide bonds. The maximum atomic E-state index is 3.68. The van der Waals surface area contributed by atoms with Crippen molar-refractivity contribution in [2.45, 2.75) is 31.3 Å². The molecule has 2 unspecified atom stereocenters. The second kappa shape index (κ2) is 7.23. The highest BCUT2D eigenvalue weighted by Crippen LogP contribution is 2.26. The van der Waals surface area contributed by atoms with Gasteiger partial charge in [-0.3, -0.25) is 4.90 Å². The monoisotopic (exact) mass is 351 g/mol. The zero-order valence-corrected chi connectivity index (χ0v) is 14.5. The molecule has 0 aliphatic carbocycles. The van der Waals surface area contributed by atoms with E-state index in [9.17, 15) is 0 Å². The largest absolute Gasteiger partial charge is 0.313 e. The summed E-state index contributed by atoms with van der Waals surface area (Å²) in [5.41, 5.74) is 1.37. The van der Waals surface area contributed by atoms with E-state index in [0.29, 0.717) is 6.04 Å². The molecule has 3 rings (SSSR count). The maximum absolute atomic E-state index is 3.68. The molecule has 1 aromatic carbocycles. The van der Waals surface area contributed by atoms with Gasteiger partial charge in [-0.1, -0.05) is 34.1 Å². The van der Waals surface area contributed by atoms with E-state index in [4.69, 9.17) is 0 Å². The molecule has 0 saturated carbocycles. The van der Waals surface area contributed by atoms with Crippen LogP contribution in [0.25, 0.3) is 0 Å². The lowest BCUT2D eigenvalue weighted by molar-refractivity contribution is 0.101. The van der Waals surface area contributed by atoms with E-state index in [1.165, 1.54) is 62.0 Å². The van der Waals surface area contributed by atoms with Crippen molar-refractivity contribution in [3.8, 4) is 0 Å². The lowest BCUT2D eigenvalue weighted by Crippen LogP contribution is -2.50. The second-order valence-corrected chi connectivity index (χ2v) is 7.14. The Balaban J connectivity index is 1.55. The molecule has 0 spiro atoms. The van der Waals surface area contributed by atoms with Crippen LogP contribution in [0.1, 0.15) is 30.9 Å². The Morgan fingerprint density at radius 1 is 1.29 bits per heavy atom. The van der Waals surface area contributed by atoms with Crippen molar-refractivity contribution in [2.75, 3.05) is 39.8 Å². The first kappa shape index (κ1) is 15.5. The quantitative estimate of drug-likeness (QED) is 0.879. The number of piperazine rings is 1. The summed E-state index contributed by atoms with van der Waals surface area (Å²) in [7, 11) is 2.07. The minimum absolute atomic E-state index is 0.433. The van der Waals surface area contributed by atoms with Crippen molar-refractivity contribution in [3.63, 3.8) is 0 Å². The van der Waals surface area contributed by atoms with E-state index < -0.39 is 0 Å². The van der Waals surface area contributed by atoms with Crippen molar-refractivity contribution in [1.82, 2.24) is 15.1 Å². The van der Waals surface area contributed by atoms with E-state index in [-0.39, 0.29) is 0 Å². The van der Waals surface area contributed by atoms with E-state index in [0.717, 1.165) is 6.04 Å². The van der Waals surface area contributed by atoms with Crippen LogP contribution in [-0.4, -0.2) is 55.6 Å². The number of halogens is 1. The zero-order chi connectivity index (χ0) is 14.7. The molecule has 21 heavy (non-hydrogen) atoms. The summed E-state index contributed by atoms with van der Waals surface area (Å²) >= 11 is 3.68. The van der Waals surface area contributed by atoms with Gasteiger partial charge in [-0.2, -0.15) is 0 Å². The normalized spacial score (nSPS) is 25.0. The summed E-state index contributed by atoms with van der Waals surface area (Å²) in [6.45, 7) is 6.30. The molecular formula is C17H26BrN3. The van der Waals surface area contributed by atoms with E-state index in [2.05, 4.69) is 62.4 Å². The molecule has 0 aromatic heterocycles. The molecule has 2 saturated heterocycles. The second-order valence-electron chi connectivity index (χ2n) is 6.28. The molecule has 2 fully saturated rings. The number of nitrogens with one attached hydrogen (secondary N) is 1. The molecule has 1 N–H and O–H groups in total. The standard InChI is InChI=1S/C17H26BrN3/c1-19-17(15-6-2-3-7-16(15)18)8-10-20-11-12-21-9-4-5-14(21)13-20/h2-3,6-7,14,17,19H,4-5,8-13H2,1H3. The SMILES string of the molecule is CNC(CCN1CCN2CCCC2C1)c1ccccc1Br. The van der Waals surface area contributed by atoms with Gasteiger partial charge in [0.05, 0.1) is 0 Å². The fraction of sp³-hybridized carbons (Fsp3) is 0.647. The molecule has 4 heteroatoms. The Morgan fingerprint density at radius 3 is 2.95 bits per heavy atom. The van der Waals surface area contributed by atoms with E-state index >= 15 is 0 Å². The first-order valence-corrected chi connectivity index (χ1v) is 8.95. The summed E-state index contributed by atoms with van der Waals surface area (Å²) in [4.78, 5) is 5.34. The molecule has 116 valence electrons. The molecule has 2 aliphatic rings. The predicted molar refractivity (Wildman–Crippen MR) is 91.6 cm³/mol. The van der Waals surface area contributed by atoms with Crippen LogP contribution in [0.5, 0.6) is 0 Å². The number of nitrogens with zero attached hydrogens (tertiary/aromatic N) is 2. The third-order valence-electron chi connectivity index (χ3n) is 5.03. The fourth-order valence-corrected chi connectivity index (χ4v) is 4.34. The van der Waals surface area contributed by atoms with Crippen LogP contribution in [0.15, 0.2) is 28.7 Å². The van der Waals surface area contributed by atoms with Crippen LogP contribution < -0.4 is 5.32 Å². The minimum Gasteiger partial charge on any atom is -0.313 e. The lowest BCUT2D eigenvalue weighted by Gasteiger charge is -2.38. The number of hydrogen-bond acceptors (Lipinski definition) is 3. The molecular weight excluding hydrogens is 326 g/mol. The first-order valence-electron chi connectivity index (χ1n) is 8.16. The average molecular weight is 352 g/mol. The highest BCUT2D eigenvalue weighted by atomic mass is 79.9. The van der Waals surface area contributed by atoms with E-state index in [1.54, 1.807) is 0 Å². The Labute approximate surface area is 136 Å². The molecule has 2 atom stereocenters. The summed E-state index contributed by atoms with van der Waals surface area (Å²) in [5, 5.41) is 3.48. The van der Waals surface area contributed by atoms with Crippen LogP contribution in [0.4, 0.5) is 0 Å². The summed E-state index contributed by atoms with van der Waals surface area (Å²) in [6.07, 6.45) is 3.97. The van der Waals surface area contributed by atoms with Crippen LogP contribution in [0, 0.1) is 0 Å². The fourth-order valence-electron chi connectivity index (χ4n) is 3.78. The molecule has 1 aromatic rings. The third kappa shape index (κ3) is 3.67. The van der Waals surface area contributed by atoms with Crippen LogP contribution >= 0.6 is 15.9 Å². The summed E-state index contributed by atoms with van der Waals surface area (Å²) in [5.74, 6) is 0. The summed E-state index contributed by atoms with van der Waals surface area (Å²) < 4.78 is 1.21. The van der Waals surface area contributed by atoms with Crippen molar-refractivity contribution in [2.24, 2.45) is 0 Å². The van der Waals surface area contributed by atoms with Crippen LogP contribution in [-0.2, 0) is 0 Å². The Kier molecular flexibility index (Phi) is 5.33. The Morgan fingerprint density at radius 2 is 2.14 bits per heavy atom. The third-order valence-corrected chi connectivity index (χ3v) is 5.76. The molecule has 3 nitrogen and oxygen atoms in total. The predicted octanol–water partition coefficient (Wildman–Crippen LogP) is 2.88. The van der Waals surface area contributed by atoms with Crippen molar-refractivity contribution in [1.29, 1.82) is 0 Å². The summed E-state index contributed by atoms with van der Waals surface area (Å²) in [6, 6.07) is 9.83. The molecule has 2 heterocycles. The molecule has 0 bridgehead atoms. The Bertz CT molecular complexity index is 465. The van der Waals surface area contributed by atoms with Gasteiger partial charge >= 0.3 is 0 Å². The van der Waals surface area contributed by atoms with Gasteiger partial charge in [0.1, 0.15) is 0 Å². The zero-order valence-electron chi connectivity index (χ0n) is 12.9. The van der Waals surface area contributed by atoms with Gasteiger partial charge in [0, 0.05) is 42.7 Å². The highest BCUT2D eigenvalue weighted by Gasteiger charge is 2.30. The number of rotatable bonds is 5. The van der Waals surface area contributed by atoms with Crippen molar-refractivity contribution < 1.29 is 0 Å². The molecule has 0 radical (unpaired) electrons. The smallest absolute Gasteiger partial charge is 0.0340 e. The molecule has 2 aliphatic heterocycles. The van der Waals surface area contributed by atoms with Gasteiger partial charge in [-0.05, 0) is 44.5 Å². The number of hydrogen-bond donors (Lipinski definition) is 1. The minimum atomic E-state index is 0.433. The van der Waals surface area contributed by atoms with Crippen molar-refractivity contribution in [3.05, 3.63) is 34.3 Å². The maximum Gasteiger partial charge on any atom is 0.0340 e. The van der Waals surface area contributed by atoms with Crippen LogP contribution in [0.3, 0.4) is 0 Å². The van der Waals surface area contributed by atoms with E-state index in [1.807, 2.05) is 0 Å². The Hall–Kier alpha value is -0.420. The first-order chi connectivity index (χ1) is 10.3. The topological polar surface area (TPSA) is 18.5 Å². The van der Waals surface area contributed by atoms with Gasteiger partial charge in [-0.15, -0.1) is 0 Å². The number of benzene rings is 1.